The number of aromatic nitrogens is 2. The number of methoxy groups -OCH3 is 2. The monoisotopic (exact) mass is 931 g/mol. The average Bonchev–Trinajstić information content (AvgIpc) is 4.09. The first kappa shape index (κ1) is 42.0. The number of fused-ring (bicyclic) bond motifs is 15. The molecule has 5 fully saturated rings. The summed E-state index contributed by atoms with van der Waals surface area (Å²) in [5.74, 6) is 4.75. The molecule has 70 heavy (non-hydrogen) atoms. The van der Waals surface area contributed by atoms with Gasteiger partial charge in [-0.25, -0.2) is 0 Å². The SMILES string of the molecule is COc1ccc2c3ccc(C4CCC5C(C(=O)C6CCC7C(=O)C8CCC(N9c%10ccccc%10Oc%10ccccc%109)CC8C7C65)C4c4ccc5c6ccc(OC)cc6n(OC)c5c4)cc3n(OC)c2c1. The Labute approximate surface area is 406 Å². The maximum absolute atomic E-state index is 15.9. The molecule has 6 aromatic carbocycles. The highest BCUT2D eigenvalue weighted by molar-refractivity contribution is 6.09. The van der Waals surface area contributed by atoms with E-state index in [1.54, 1.807) is 28.4 Å². The fourth-order valence-electron chi connectivity index (χ4n) is 15.9. The van der Waals surface area contributed by atoms with Crippen LogP contribution in [0.5, 0.6) is 23.0 Å². The Bertz CT molecular complexity index is 3420. The molecule has 11 unspecified atom stereocenters. The predicted octanol–water partition coefficient (Wildman–Crippen LogP) is 12.1. The standard InChI is InChI=1S/C60H57N3O7/c1-66-35-16-21-40-38-18-13-32(27-49(38)62(68-3)51(40)30-35)37-23-24-43-56-45(60(65)58(43)55(37)33-14-19-39-41-22-17-36(67-2)31-52(41)63(69-4)50(39)28-33)26-25-44-57(56)46-29-34(15-20-42(46)59(44)64)61-47-9-5-7-11-53(47)70-54-12-8-6-10-48(54)61/h5-14,16-19,21-22,27-28,30-31,34,37,42-46,55-58H,15,20,23-26,29H2,1-4H3. The Kier molecular flexibility index (Phi) is 9.47. The molecule has 10 heteroatoms. The van der Waals surface area contributed by atoms with Gasteiger partial charge in [-0.2, -0.15) is 9.46 Å². The van der Waals surface area contributed by atoms with Crippen LogP contribution in [-0.2, 0) is 9.59 Å². The molecule has 0 bridgehead atoms. The van der Waals surface area contributed by atoms with Crippen molar-refractivity contribution in [1.29, 1.82) is 0 Å². The predicted molar refractivity (Wildman–Crippen MR) is 272 cm³/mol. The lowest BCUT2D eigenvalue weighted by atomic mass is 9.58. The summed E-state index contributed by atoms with van der Waals surface area (Å²) < 4.78 is 21.6. The van der Waals surface area contributed by atoms with Crippen LogP contribution in [0.4, 0.5) is 11.4 Å². The van der Waals surface area contributed by atoms with Crippen LogP contribution in [0.1, 0.15) is 67.9 Å². The Morgan fingerprint density at radius 3 is 1.57 bits per heavy atom. The first-order chi connectivity index (χ1) is 34.4. The number of para-hydroxylation sites is 4. The van der Waals surface area contributed by atoms with E-state index in [4.69, 9.17) is 23.9 Å². The van der Waals surface area contributed by atoms with Gasteiger partial charge in [0.1, 0.15) is 37.3 Å². The molecule has 5 aliphatic carbocycles. The number of benzene rings is 6. The summed E-state index contributed by atoms with van der Waals surface area (Å²) in [5.41, 5.74) is 8.40. The van der Waals surface area contributed by atoms with Crippen molar-refractivity contribution in [2.45, 2.75) is 62.8 Å². The number of hydrogen-bond acceptors (Lipinski definition) is 8. The second kappa shape index (κ2) is 15.8. The zero-order chi connectivity index (χ0) is 47.1. The first-order valence-electron chi connectivity index (χ1n) is 25.4. The molecule has 2 aromatic heterocycles. The number of carbonyl (C=O) groups excluding carboxylic acids is 2. The van der Waals surface area contributed by atoms with E-state index < -0.39 is 0 Å². The van der Waals surface area contributed by atoms with E-state index in [0.717, 1.165) is 128 Å². The third-order valence-electron chi connectivity index (χ3n) is 18.5. The van der Waals surface area contributed by atoms with Crippen molar-refractivity contribution >= 4 is 66.6 Å². The van der Waals surface area contributed by atoms with Gasteiger partial charge in [0.15, 0.2) is 11.5 Å². The van der Waals surface area contributed by atoms with Crippen LogP contribution in [0.25, 0.3) is 43.6 Å². The molecule has 0 radical (unpaired) electrons. The lowest BCUT2D eigenvalue weighted by molar-refractivity contribution is -0.129. The molecule has 5 saturated carbocycles. The molecule has 0 amide bonds. The molecule has 0 saturated heterocycles. The Morgan fingerprint density at radius 1 is 0.471 bits per heavy atom. The van der Waals surface area contributed by atoms with Gasteiger partial charge in [-0.05, 0) is 146 Å². The first-order valence-corrected chi connectivity index (χ1v) is 25.4. The molecule has 8 aromatic rings. The third kappa shape index (κ3) is 5.85. The van der Waals surface area contributed by atoms with Crippen LogP contribution < -0.4 is 28.8 Å². The van der Waals surface area contributed by atoms with Crippen LogP contribution in [0.2, 0.25) is 0 Å². The minimum absolute atomic E-state index is 0.0183. The van der Waals surface area contributed by atoms with Crippen LogP contribution in [-0.4, -0.2) is 55.5 Å². The lowest BCUT2D eigenvalue weighted by Gasteiger charge is -2.47. The van der Waals surface area contributed by atoms with Gasteiger partial charge in [-0.1, -0.05) is 48.5 Å². The van der Waals surface area contributed by atoms with Gasteiger partial charge in [-0.3, -0.25) is 9.59 Å². The summed E-state index contributed by atoms with van der Waals surface area (Å²) in [5, 5.41) is 4.39. The Hall–Kier alpha value is -6.94. The van der Waals surface area contributed by atoms with Crippen LogP contribution in [0, 0.1) is 47.3 Å². The summed E-state index contributed by atoms with van der Waals surface area (Å²) in [7, 11) is 6.81. The van der Waals surface area contributed by atoms with Gasteiger partial charge >= 0.3 is 0 Å². The Morgan fingerprint density at radius 2 is 0.971 bits per heavy atom. The van der Waals surface area contributed by atoms with Gasteiger partial charge in [0.05, 0.1) is 47.7 Å². The summed E-state index contributed by atoms with van der Waals surface area (Å²) >= 11 is 0. The van der Waals surface area contributed by atoms with E-state index in [1.807, 2.05) is 45.9 Å². The molecular formula is C60H57N3O7. The lowest BCUT2D eigenvalue weighted by Crippen LogP contribution is -2.43. The van der Waals surface area contributed by atoms with Gasteiger partial charge in [-0.15, -0.1) is 0 Å². The summed E-state index contributed by atoms with van der Waals surface area (Å²) in [4.78, 5) is 45.5. The molecule has 6 aliphatic rings. The minimum atomic E-state index is -0.190. The molecule has 3 heterocycles. The highest BCUT2D eigenvalue weighted by Gasteiger charge is 2.65. The fraction of sp³-hybridized carbons (Fsp3) is 0.367. The Balaban J connectivity index is 0.887. The van der Waals surface area contributed by atoms with Gasteiger partial charge < -0.3 is 28.8 Å². The van der Waals surface area contributed by atoms with E-state index in [0.29, 0.717) is 11.6 Å². The van der Waals surface area contributed by atoms with Crippen molar-refractivity contribution in [1.82, 2.24) is 9.46 Å². The number of ether oxygens (including phenoxy) is 3. The maximum atomic E-state index is 15.9. The zero-order valence-electron chi connectivity index (χ0n) is 40.0. The van der Waals surface area contributed by atoms with E-state index in [-0.39, 0.29) is 65.2 Å². The molecule has 10 nitrogen and oxygen atoms in total. The van der Waals surface area contributed by atoms with Crippen molar-refractivity contribution in [2.24, 2.45) is 47.3 Å². The number of carbonyl (C=O) groups is 2. The second-order valence-electron chi connectivity index (χ2n) is 21.1. The number of nitrogens with zero attached hydrogens (tertiary/aromatic N) is 3. The van der Waals surface area contributed by atoms with E-state index >= 15 is 4.79 Å². The third-order valence-corrected chi connectivity index (χ3v) is 18.5. The average molecular weight is 932 g/mol. The second-order valence-corrected chi connectivity index (χ2v) is 21.1. The highest BCUT2D eigenvalue weighted by Crippen LogP contribution is 2.67. The molecule has 1 aliphatic heterocycles. The van der Waals surface area contributed by atoms with Gasteiger partial charge in [0, 0.05) is 69.3 Å². The van der Waals surface area contributed by atoms with Crippen molar-refractivity contribution in [3.8, 4) is 23.0 Å². The number of anilines is 2. The molecular weight excluding hydrogens is 875 g/mol. The number of ketones is 2. The van der Waals surface area contributed by atoms with Crippen molar-refractivity contribution in [3.63, 3.8) is 0 Å². The summed E-state index contributed by atoms with van der Waals surface area (Å²) in [6, 6.07) is 43.0. The van der Waals surface area contributed by atoms with Crippen molar-refractivity contribution in [3.05, 3.63) is 132 Å². The van der Waals surface area contributed by atoms with Crippen LogP contribution >= 0.6 is 0 Å². The van der Waals surface area contributed by atoms with Gasteiger partial charge in [0.2, 0.25) is 0 Å². The zero-order valence-corrected chi connectivity index (χ0v) is 40.0. The topological polar surface area (TPSA) is 93.4 Å². The quantitative estimate of drug-likeness (QED) is 0.156. The fourth-order valence-corrected chi connectivity index (χ4v) is 15.9. The van der Waals surface area contributed by atoms with Crippen molar-refractivity contribution in [2.75, 3.05) is 33.3 Å². The largest absolute Gasteiger partial charge is 0.497 e. The van der Waals surface area contributed by atoms with E-state index in [2.05, 4.69) is 89.8 Å². The highest BCUT2D eigenvalue weighted by atomic mass is 16.6. The molecule has 0 spiro atoms. The van der Waals surface area contributed by atoms with E-state index in [1.165, 1.54) is 5.56 Å². The van der Waals surface area contributed by atoms with Gasteiger partial charge in [0.25, 0.3) is 0 Å². The number of Topliss-reactive ketones (excluding diaryl/α,β-unsaturated/α-hetero) is 2. The molecule has 14 rings (SSSR count). The molecule has 0 N–H and O–H groups in total. The summed E-state index contributed by atoms with van der Waals surface area (Å²) in [6.07, 6.45) is 6.27. The van der Waals surface area contributed by atoms with Crippen molar-refractivity contribution < 1.29 is 33.5 Å². The number of rotatable bonds is 7. The minimum Gasteiger partial charge on any atom is -0.497 e. The number of hydrogen-bond donors (Lipinski definition) is 0. The van der Waals surface area contributed by atoms with E-state index in [9.17, 15) is 4.79 Å². The normalized spacial score (nSPS) is 28.7. The van der Waals surface area contributed by atoms with Crippen LogP contribution in [0.3, 0.4) is 0 Å². The molecule has 354 valence electrons. The summed E-state index contributed by atoms with van der Waals surface area (Å²) in [6.45, 7) is 0. The smallest absolute Gasteiger partial charge is 0.151 e. The molecule has 11 atom stereocenters. The maximum Gasteiger partial charge on any atom is 0.151 e. The van der Waals surface area contributed by atoms with Crippen LogP contribution in [0.15, 0.2) is 121 Å².